The Morgan fingerprint density at radius 1 is 0.793 bits per heavy atom. The minimum atomic E-state index is -0.155. The van der Waals surface area contributed by atoms with E-state index in [1.807, 2.05) is 6.08 Å². The van der Waals surface area contributed by atoms with Gasteiger partial charge in [0.2, 0.25) is 0 Å². The summed E-state index contributed by atoms with van der Waals surface area (Å²) in [5.74, 6) is -0.310. The SMILES string of the molecule is O=C1C(=CC2=CC=C(n3c4ccccc4c4ccccc43)C2)C(=O)c2cscc21. The Morgan fingerprint density at radius 2 is 1.38 bits per heavy atom. The quantitative estimate of drug-likeness (QED) is 0.308. The number of ketones is 2. The van der Waals surface area contributed by atoms with Crippen molar-refractivity contribution < 1.29 is 9.59 Å². The third kappa shape index (κ3) is 2.30. The summed E-state index contributed by atoms with van der Waals surface area (Å²) in [5.41, 5.74) is 5.81. The fourth-order valence-corrected chi connectivity index (χ4v) is 5.18. The number of thiophene rings is 1. The van der Waals surface area contributed by atoms with E-state index in [0.717, 1.165) is 22.3 Å². The van der Waals surface area contributed by atoms with E-state index in [2.05, 4.69) is 59.2 Å². The number of carbonyl (C=O) groups is 2. The lowest BCUT2D eigenvalue weighted by atomic mass is 10.1. The Balaban J connectivity index is 1.39. The largest absolute Gasteiger partial charge is 0.313 e. The molecular weight excluding hydrogens is 378 g/mol. The predicted octanol–water partition coefficient (Wildman–Crippen LogP) is 6.03. The number of rotatable bonds is 2. The Kier molecular flexibility index (Phi) is 3.40. The van der Waals surface area contributed by atoms with Crippen LogP contribution >= 0.6 is 11.3 Å². The van der Waals surface area contributed by atoms with Gasteiger partial charge in [-0.15, -0.1) is 0 Å². The second-order valence-electron chi connectivity index (χ2n) is 7.36. The van der Waals surface area contributed by atoms with Crippen LogP contribution in [0.5, 0.6) is 0 Å². The predicted molar refractivity (Wildman–Crippen MR) is 117 cm³/mol. The molecule has 2 aliphatic rings. The molecule has 29 heavy (non-hydrogen) atoms. The molecule has 138 valence electrons. The number of aromatic nitrogens is 1. The molecule has 4 aromatic rings. The average Bonchev–Trinajstić information content (AvgIpc) is 3.50. The molecule has 0 saturated carbocycles. The van der Waals surface area contributed by atoms with Crippen LogP contribution in [0.25, 0.3) is 27.5 Å². The lowest BCUT2D eigenvalue weighted by Crippen LogP contribution is -2.02. The van der Waals surface area contributed by atoms with Gasteiger partial charge in [0.15, 0.2) is 11.6 Å². The van der Waals surface area contributed by atoms with Crippen molar-refractivity contribution in [1.82, 2.24) is 4.57 Å². The lowest BCUT2D eigenvalue weighted by molar-refractivity contribution is 0.0988. The van der Waals surface area contributed by atoms with E-state index in [1.54, 1.807) is 16.8 Å². The van der Waals surface area contributed by atoms with Gasteiger partial charge in [-0.05, 0) is 29.9 Å². The molecule has 2 aliphatic carbocycles. The van der Waals surface area contributed by atoms with Crippen LogP contribution in [0.2, 0.25) is 0 Å². The molecule has 0 aliphatic heterocycles. The van der Waals surface area contributed by atoms with Crippen LogP contribution in [-0.4, -0.2) is 16.1 Å². The first-order valence-electron chi connectivity index (χ1n) is 9.48. The molecule has 3 nitrogen and oxygen atoms in total. The van der Waals surface area contributed by atoms with Crippen LogP contribution in [-0.2, 0) is 0 Å². The summed E-state index contributed by atoms with van der Waals surface area (Å²) in [5, 5.41) is 5.98. The maximum absolute atomic E-state index is 12.6. The third-order valence-corrected chi connectivity index (χ3v) is 6.46. The van der Waals surface area contributed by atoms with Crippen LogP contribution in [0, 0.1) is 0 Å². The molecule has 2 heterocycles. The van der Waals surface area contributed by atoms with Crippen molar-refractivity contribution in [1.29, 1.82) is 0 Å². The van der Waals surface area contributed by atoms with Gasteiger partial charge < -0.3 is 4.57 Å². The zero-order chi connectivity index (χ0) is 19.5. The van der Waals surface area contributed by atoms with Crippen molar-refractivity contribution >= 4 is 50.4 Å². The first-order valence-corrected chi connectivity index (χ1v) is 10.4. The molecule has 0 unspecified atom stereocenters. The molecule has 2 aromatic heterocycles. The fourth-order valence-electron chi connectivity index (χ4n) is 4.37. The summed E-state index contributed by atoms with van der Waals surface area (Å²) in [4.78, 5) is 25.2. The number of Topliss-reactive ketones (excluding diaryl/α,β-unsaturated/α-hetero) is 2. The Labute approximate surface area is 170 Å². The van der Waals surface area contributed by atoms with Crippen molar-refractivity contribution in [2.24, 2.45) is 0 Å². The van der Waals surface area contributed by atoms with Crippen LogP contribution in [0.4, 0.5) is 0 Å². The second-order valence-corrected chi connectivity index (χ2v) is 8.11. The van der Waals surface area contributed by atoms with Gasteiger partial charge in [0.1, 0.15) is 0 Å². The van der Waals surface area contributed by atoms with Crippen molar-refractivity contribution in [3.8, 4) is 0 Å². The zero-order valence-corrected chi connectivity index (χ0v) is 16.2. The highest BCUT2D eigenvalue weighted by Gasteiger charge is 2.34. The summed E-state index contributed by atoms with van der Waals surface area (Å²) < 4.78 is 2.28. The molecule has 2 aromatic carbocycles. The third-order valence-electron chi connectivity index (χ3n) is 5.71. The number of hydrogen-bond donors (Lipinski definition) is 0. The van der Waals surface area contributed by atoms with Crippen LogP contribution in [0.1, 0.15) is 27.1 Å². The van der Waals surface area contributed by atoms with E-state index in [4.69, 9.17) is 0 Å². The molecule has 4 heteroatoms. The smallest absolute Gasteiger partial charge is 0.198 e. The van der Waals surface area contributed by atoms with E-state index >= 15 is 0 Å². The minimum absolute atomic E-state index is 0.155. The van der Waals surface area contributed by atoms with Gasteiger partial charge in [0, 0.05) is 44.8 Å². The molecule has 0 atom stereocenters. The van der Waals surface area contributed by atoms with Crippen molar-refractivity contribution in [3.63, 3.8) is 0 Å². The van der Waals surface area contributed by atoms with Gasteiger partial charge in [-0.2, -0.15) is 11.3 Å². The summed E-state index contributed by atoms with van der Waals surface area (Å²) in [6, 6.07) is 16.8. The van der Waals surface area contributed by atoms with Gasteiger partial charge in [0.05, 0.1) is 16.6 Å². The number of carbonyl (C=O) groups excluding carboxylic acids is 2. The second kappa shape index (κ2) is 6.00. The number of allylic oxidation sites excluding steroid dienone is 6. The zero-order valence-electron chi connectivity index (χ0n) is 15.4. The molecular formula is C25H15NO2S. The summed E-state index contributed by atoms with van der Waals surface area (Å²) >= 11 is 1.40. The number of fused-ring (bicyclic) bond motifs is 4. The van der Waals surface area contributed by atoms with Crippen LogP contribution in [0.3, 0.4) is 0 Å². The van der Waals surface area contributed by atoms with Crippen molar-refractivity contribution in [2.45, 2.75) is 6.42 Å². The molecule has 0 amide bonds. The monoisotopic (exact) mass is 393 g/mol. The highest BCUT2D eigenvalue weighted by Crippen LogP contribution is 2.37. The minimum Gasteiger partial charge on any atom is -0.313 e. The van der Waals surface area contributed by atoms with E-state index in [9.17, 15) is 9.59 Å². The molecule has 0 fully saturated rings. The highest BCUT2D eigenvalue weighted by atomic mass is 32.1. The average molecular weight is 393 g/mol. The van der Waals surface area contributed by atoms with E-state index < -0.39 is 0 Å². The Bertz CT molecular complexity index is 1370. The highest BCUT2D eigenvalue weighted by molar-refractivity contribution is 7.08. The molecule has 0 N–H and O–H groups in total. The molecule has 0 spiro atoms. The standard InChI is InChI=1S/C25H15NO2S/c27-24-19(25(28)21-14-29-13-20(21)24)12-15-9-10-16(11-15)26-22-7-3-1-5-17(22)18-6-2-4-8-23(18)26/h1-10,12-14H,11H2. The first-order chi connectivity index (χ1) is 14.2. The lowest BCUT2D eigenvalue weighted by Gasteiger charge is -2.09. The maximum atomic E-state index is 12.6. The van der Waals surface area contributed by atoms with E-state index in [0.29, 0.717) is 17.5 Å². The van der Waals surface area contributed by atoms with Crippen LogP contribution in [0.15, 0.2) is 88.7 Å². The Morgan fingerprint density at radius 3 is 2.00 bits per heavy atom. The molecule has 0 radical (unpaired) electrons. The molecule has 0 saturated heterocycles. The number of nitrogens with zero attached hydrogens (tertiary/aromatic N) is 1. The first kappa shape index (κ1) is 16.5. The number of para-hydroxylation sites is 2. The van der Waals surface area contributed by atoms with Crippen molar-refractivity contribution in [3.05, 3.63) is 99.8 Å². The van der Waals surface area contributed by atoms with Gasteiger partial charge in [0.25, 0.3) is 0 Å². The van der Waals surface area contributed by atoms with Gasteiger partial charge >= 0.3 is 0 Å². The fraction of sp³-hybridized carbons (Fsp3) is 0.0400. The van der Waals surface area contributed by atoms with Crippen molar-refractivity contribution in [2.75, 3.05) is 0 Å². The summed E-state index contributed by atoms with van der Waals surface area (Å²) in [6.45, 7) is 0. The van der Waals surface area contributed by atoms with E-state index in [1.165, 1.54) is 22.1 Å². The molecule has 6 rings (SSSR count). The van der Waals surface area contributed by atoms with Gasteiger partial charge in [-0.3, -0.25) is 9.59 Å². The maximum Gasteiger partial charge on any atom is 0.198 e. The molecule has 0 bridgehead atoms. The summed E-state index contributed by atoms with van der Waals surface area (Å²) in [6.07, 6.45) is 6.55. The topological polar surface area (TPSA) is 39.1 Å². The van der Waals surface area contributed by atoms with Gasteiger partial charge in [-0.25, -0.2) is 0 Å². The number of hydrogen-bond acceptors (Lipinski definition) is 3. The number of benzene rings is 2. The normalized spacial score (nSPS) is 15.9. The van der Waals surface area contributed by atoms with Gasteiger partial charge in [-0.1, -0.05) is 42.5 Å². The Hall–Kier alpha value is -3.50. The van der Waals surface area contributed by atoms with Crippen LogP contribution < -0.4 is 0 Å². The summed E-state index contributed by atoms with van der Waals surface area (Å²) in [7, 11) is 0. The van der Waals surface area contributed by atoms with E-state index in [-0.39, 0.29) is 17.1 Å².